The molecule has 1 radical (unpaired) electrons. The number of pyridine rings is 1. The lowest BCUT2D eigenvalue weighted by Crippen LogP contribution is -2.21. The predicted molar refractivity (Wildman–Crippen MR) is 132 cm³/mol. The quantitative estimate of drug-likeness (QED) is 0.363. The van der Waals surface area contributed by atoms with E-state index in [2.05, 4.69) is 72.9 Å². The van der Waals surface area contributed by atoms with Crippen LogP contribution in [0.1, 0.15) is 0 Å². The molecule has 0 bridgehead atoms. The van der Waals surface area contributed by atoms with Gasteiger partial charge in [0.1, 0.15) is 11.3 Å². The van der Waals surface area contributed by atoms with Crippen LogP contribution in [0.3, 0.4) is 0 Å². The van der Waals surface area contributed by atoms with Gasteiger partial charge in [0, 0.05) is 21.0 Å². The fourth-order valence-corrected chi connectivity index (χ4v) is 5.48. The Balaban J connectivity index is 0.000000149. The fourth-order valence-electron chi connectivity index (χ4n) is 3.38. The van der Waals surface area contributed by atoms with Crippen LogP contribution in [0.5, 0.6) is 5.75 Å². The Morgan fingerprint density at radius 3 is 1.80 bits per heavy atom. The molecule has 0 aliphatic rings. The molecule has 2 nitrogen and oxygen atoms in total. The van der Waals surface area contributed by atoms with E-state index in [0.717, 1.165) is 5.39 Å². The molecule has 0 aliphatic carbocycles. The maximum absolute atomic E-state index is 9.31. The van der Waals surface area contributed by atoms with E-state index in [1.54, 1.807) is 18.3 Å². The van der Waals surface area contributed by atoms with Crippen LogP contribution in [-0.2, 0) is 0 Å². The first-order chi connectivity index (χ1) is 14.8. The average molecular weight is 422 g/mol. The lowest BCUT2D eigenvalue weighted by molar-refractivity contribution is 0.480. The molecule has 0 amide bonds. The highest BCUT2D eigenvalue weighted by molar-refractivity contribution is 7.33. The highest BCUT2D eigenvalue weighted by Crippen LogP contribution is 2.21. The number of fused-ring (bicyclic) bond motifs is 3. The van der Waals surface area contributed by atoms with Crippen LogP contribution in [0.25, 0.3) is 31.1 Å². The van der Waals surface area contributed by atoms with Gasteiger partial charge in [0.05, 0.1) is 0 Å². The van der Waals surface area contributed by atoms with Gasteiger partial charge in [0.2, 0.25) is 7.28 Å². The van der Waals surface area contributed by atoms with Crippen molar-refractivity contribution in [1.82, 2.24) is 4.98 Å². The fraction of sp³-hybridized carbons (Fsp3) is 0. The number of phenolic OH excluding ortho intramolecular Hbond substituents is 1. The predicted octanol–water partition coefficient (Wildman–Crippen LogP) is 5.71. The zero-order valence-electron chi connectivity index (χ0n) is 16.0. The van der Waals surface area contributed by atoms with Crippen LogP contribution in [0.4, 0.5) is 0 Å². The summed E-state index contributed by atoms with van der Waals surface area (Å²) in [5, 5.41) is 12.9. The summed E-state index contributed by atoms with van der Waals surface area (Å²) in [5.74, 6) is 0.239. The van der Waals surface area contributed by atoms with Gasteiger partial charge in [-0.1, -0.05) is 54.6 Å². The average Bonchev–Trinajstić information content (AvgIpc) is 3.37. The molecule has 3 aromatic heterocycles. The number of para-hydroxylation sites is 1. The molecule has 0 saturated heterocycles. The standard InChI is InChI=1S/C16H10BS2.C9H7NO/c1-3-7-13-11(5-1)9-15(18-13)17-16-10-12-6-2-4-8-14(12)19-16;11-8-5-1-3-7-4-2-6-10-9(7)8/h1-10H;1-6,11H. The molecule has 0 unspecified atom stereocenters. The highest BCUT2D eigenvalue weighted by atomic mass is 32.1. The Kier molecular flexibility index (Phi) is 5.22. The number of hydrogen-bond donors (Lipinski definition) is 1. The van der Waals surface area contributed by atoms with Gasteiger partial charge in [-0.15, -0.1) is 0 Å². The van der Waals surface area contributed by atoms with Crippen molar-refractivity contribution in [3.05, 3.63) is 97.2 Å². The first-order valence-corrected chi connectivity index (χ1v) is 11.2. The van der Waals surface area contributed by atoms with Crippen LogP contribution >= 0.6 is 22.7 Å². The van der Waals surface area contributed by atoms with E-state index in [4.69, 9.17) is 0 Å². The second-order valence-electron chi connectivity index (χ2n) is 6.87. The molecule has 6 aromatic rings. The maximum atomic E-state index is 9.31. The van der Waals surface area contributed by atoms with Crippen molar-refractivity contribution in [2.45, 2.75) is 0 Å². The van der Waals surface area contributed by atoms with Crippen LogP contribution in [0, 0.1) is 0 Å². The van der Waals surface area contributed by atoms with E-state index in [0.29, 0.717) is 5.52 Å². The SMILES string of the molecule is Oc1cccc2cccnc12.[B](c1cc2ccccc2s1)c1cc2ccccc2s1. The summed E-state index contributed by atoms with van der Waals surface area (Å²) in [5.41, 5.74) is 0.662. The van der Waals surface area contributed by atoms with Crippen molar-refractivity contribution in [2.24, 2.45) is 0 Å². The third-order valence-electron chi connectivity index (χ3n) is 4.79. The van der Waals surface area contributed by atoms with E-state index in [1.807, 2.05) is 40.9 Å². The number of aromatic nitrogens is 1. The summed E-state index contributed by atoms with van der Waals surface area (Å²) >= 11 is 3.71. The zero-order chi connectivity index (χ0) is 20.3. The largest absolute Gasteiger partial charge is 0.506 e. The number of benzene rings is 3. The van der Waals surface area contributed by atoms with E-state index in [-0.39, 0.29) is 5.75 Å². The van der Waals surface area contributed by atoms with Gasteiger partial charge in [-0.3, -0.25) is 4.98 Å². The van der Waals surface area contributed by atoms with Crippen molar-refractivity contribution in [2.75, 3.05) is 0 Å². The Labute approximate surface area is 183 Å². The topological polar surface area (TPSA) is 33.1 Å². The van der Waals surface area contributed by atoms with Crippen LogP contribution in [0.2, 0.25) is 0 Å². The number of aromatic hydroxyl groups is 1. The van der Waals surface area contributed by atoms with Crippen molar-refractivity contribution in [1.29, 1.82) is 0 Å². The summed E-state index contributed by atoms with van der Waals surface area (Å²) in [6.07, 6.45) is 1.67. The molecule has 3 heterocycles. The molecule has 0 atom stereocenters. The van der Waals surface area contributed by atoms with Gasteiger partial charge < -0.3 is 5.11 Å². The molecule has 1 N–H and O–H groups in total. The molecule has 6 rings (SSSR count). The minimum absolute atomic E-state index is 0.239. The van der Waals surface area contributed by atoms with Crippen molar-refractivity contribution in [3.8, 4) is 5.75 Å². The Hall–Kier alpha value is -3.15. The monoisotopic (exact) mass is 422 g/mol. The second-order valence-corrected chi connectivity index (χ2v) is 9.10. The van der Waals surface area contributed by atoms with Crippen molar-refractivity contribution in [3.63, 3.8) is 0 Å². The van der Waals surface area contributed by atoms with Gasteiger partial charge in [-0.2, -0.15) is 22.7 Å². The third kappa shape index (κ3) is 3.95. The molecule has 5 heteroatoms. The summed E-state index contributed by atoms with van der Waals surface area (Å²) in [7, 11) is 2.29. The molecule has 143 valence electrons. The minimum atomic E-state index is 0.239. The van der Waals surface area contributed by atoms with E-state index < -0.39 is 0 Å². The normalized spacial score (nSPS) is 10.8. The zero-order valence-corrected chi connectivity index (χ0v) is 17.7. The molecular formula is C25H17BNOS2. The smallest absolute Gasteiger partial charge is 0.219 e. The van der Waals surface area contributed by atoms with E-state index >= 15 is 0 Å². The molecule has 30 heavy (non-hydrogen) atoms. The molecule has 3 aromatic carbocycles. The summed E-state index contributed by atoms with van der Waals surface area (Å²) in [6.45, 7) is 0. The first kappa shape index (κ1) is 18.9. The van der Waals surface area contributed by atoms with Gasteiger partial charge >= 0.3 is 0 Å². The second kappa shape index (κ2) is 8.30. The molecule has 0 fully saturated rings. The molecule has 0 saturated carbocycles. The van der Waals surface area contributed by atoms with Gasteiger partial charge in [-0.05, 0) is 56.7 Å². The maximum Gasteiger partial charge on any atom is 0.219 e. The Morgan fingerprint density at radius 2 is 1.20 bits per heavy atom. The van der Waals surface area contributed by atoms with Gasteiger partial charge in [0.25, 0.3) is 0 Å². The van der Waals surface area contributed by atoms with Gasteiger partial charge in [-0.25, -0.2) is 0 Å². The van der Waals surface area contributed by atoms with Crippen LogP contribution in [-0.4, -0.2) is 17.4 Å². The van der Waals surface area contributed by atoms with E-state index in [1.165, 1.54) is 29.7 Å². The molecule has 0 aliphatic heterocycles. The highest BCUT2D eigenvalue weighted by Gasteiger charge is 2.07. The minimum Gasteiger partial charge on any atom is -0.506 e. The number of rotatable bonds is 2. The number of phenols is 1. The summed E-state index contributed by atoms with van der Waals surface area (Å²) in [6, 6.07) is 30.8. The van der Waals surface area contributed by atoms with Crippen molar-refractivity contribution < 1.29 is 5.11 Å². The number of nitrogens with zero attached hydrogens (tertiary/aromatic N) is 1. The van der Waals surface area contributed by atoms with Crippen molar-refractivity contribution >= 4 is 70.6 Å². The number of thiophene rings is 2. The lowest BCUT2D eigenvalue weighted by Gasteiger charge is -1.96. The van der Waals surface area contributed by atoms with Crippen LogP contribution in [0.15, 0.2) is 97.2 Å². The van der Waals surface area contributed by atoms with Crippen LogP contribution < -0.4 is 9.55 Å². The Morgan fingerprint density at radius 1 is 0.633 bits per heavy atom. The third-order valence-corrected chi connectivity index (χ3v) is 6.91. The lowest BCUT2D eigenvalue weighted by atomic mass is 9.75. The Bertz CT molecular complexity index is 1310. The summed E-state index contributed by atoms with van der Waals surface area (Å²) in [4.78, 5) is 4.03. The van der Waals surface area contributed by atoms with Gasteiger partial charge in [0.15, 0.2) is 0 Å². The molecular weight excluding hydrogens is 405 g/mol. The number of hydrogen-bond acceptors (Lipinski definition) is 4. The molecule has 0 spiro atoms. The summed E-state index contributed by atoms with van der Waals surface area (Å²) < 4.78 is 5.37. The first-order valence-electron chi connectivity index (χ1n) is 9.61. The van der Waals surface area contributed by atoms with E-state index in [9.17, 15) is 5.11 Å².